The summed E-state index contributed by atoms with van der Waals surface area (Å²) in [5.41, 5.74) is 13.5. The lowest BCUT2D eigenvalue weighted by Crippen LogP contribution is -2.38. The fourth-order valence-electron chi connectivity index (χ4n) is 4.23. The number of rotatable bonds is 5. The minimum Gasteiger partial charge on any atom is -0.359 e. The molecule has 1 aliphatic carbocycles. The van der Waals surface area contributed by atoms with Crippen molar-refractivity contribution in [2.45, 2.75) is 57.7 Å². The van der Waals surface area contributed by atoms with Gasteiger partial charge in [0.25, 0.3) is 0 Å². The van der Waals surface area contributed by atoms with Gasteiger partial charge in [0.15, 0.2) is 0 Å². The summed E-state index contributed by atoms with van der Waals surface area (Å²) < 4.78 is 0. The maximum Gasteiger partial charge on any atom is 0.141 e. The maximum absolute atomic E-state index is 9.29. The Balaban J connectivity index is 1.50. The minimum absolute atomic E-state index is 0.0967. The van der Waals surface area contributed by atoms with Crippen LogP contribution >= 0.6 is 11.3 Å². The molecule has 2 aromatic rings. The Hall–Kier alpha value is -1.79. The number of anilines is 1. The molecule has 3 heterocycles. The van der Waals surface area contributed by atoms with Gasteiger partial charge in [0.1, 0.15) is 16.5 Å². The number of aromatic nitrogens is 2. The molecular formula is C19H27N7S. The van der Waals surface area contributed by atoms with E-state index in [1.807, 2.05) is 18.3 Å². The van der Waals surface area contributed by atoms with E-state index in [9.17, 15) is 5.26 Å². The summed E-state index contributed by atoms with van der Waals surface area (Å²) in [6.07, 6.45) is 6.43. The van der Waals surface area contributed by atoms with Gasteiger partial charge in [-0.2, -0.15) is 5.26 Å². The van der Waals surface area contributed by atoms with E-state index >= 15 is 0 Å². The van der Waals surface area contributed by atoms with Gasteiger partial charge >= 0.3 is 0 Å². The van der Waals surface area contributed by atoms with Crippen molar-refractivity contribution < 1.29 is 0 Å². The van der Waals surface area contributed by atoms with Crippen molar-refractivity contribution in [3.63, 3.8) is 0 Å². The molecule has 1 fully saturated rings. The van der Waals surface area contributed by atoms with Crippen molar-refractivity contribution in [3.05, 3.63) is 16.3 Å². The zero-order valence-corrected chi connectivity index (χ0v) is 16.8. The Labute approximate surface area is 163 Å². The Morgan fingerprint density at radius 3 is 2.93 bits per heavy atom. The standard InChI is InChI=1S/C19H27N7S/c1-11-22-18(16-12-6-3-4-8-15(12)27-19(16)23-11)26(2)9-5-7-14-13(10-20)17(21)25-24-14/h13-14,17,24-25H,3-9,21H2,1-2H3. The van der Waals surface area contributed by atoms with E-state index in [4.69, 9.17) is 15.7 Å². The highest BCUT2D eigenvalue weighted by molar-refractivity contribution is 7.19. The molecule has 7 nitrogen and oxygen atoms in total. The molecule has 0 amide bonds. The lowest BCUT2D eigenvalue weighted by atomic mass is 9.96. The molecule has 2 aliphatic rings. The van der Waals surface area contributed by atoms with E-state index in [0.29, 0.717) is 0 Å². The normalized spacial score (nSPS) is 24.7. The molecule has 0 spiro atoms. The molecule has 4 N–H and O–H groups in total. The van der Waals surface area contributed by atoms with E-state index in [0.717, 1.165) is 42.3 Å². The summed E-state index contributed by atoms with van der Waals surface area (Å²) in [5.74, 6) is 1.70. The van der Waals surface area contributed by atoms with Gasteiger partial charge in [-0.3, -0.25) is 5.43 Å². The van der Waals surface area contributed by atoms with Crippen LogP contribution in [-0.2, 0) is 12.8 Å². The number of hydrogen-bond donors (Lipinski definition) is 3. The van der Waals surface area contributed by atoms with Crippen LogP contribution in [0.2, 0.25) is 0 Å². The fourth-order valence-corrected chi connectivity index (χ4v) is 5.53. The first kappa shape index (κ1) is 18.6. The smallest absolute Gasteiger partial charge is 0.141 e. The van der Waals surface area contributed by atoms with Gasteiger partial charge in [-0.15, -0.1) is 11.3 Å². The summed E-state index contributed by atoms with van der Waals surface area (Å²) in [6.45, 7) is 2.87. The molecular weight excluding hydrogens is 358 g/mol. The highest BCUT2D eigenvalue weighted by atomic mass is 32.1. The van der Waals surface area contributed by atoms with Gasteiger partial charge in [-0.25, -0.2) is 15.4 Å². The molecule has 1 aliphatic heterocycles. The van der Waals surface area contributed by atoms with Gasteiger partial charge in [-0.1, -0.05) is 0 Å². The molecule has 2 aromatic heterocycles. The van der Waals surface area contributed by atoms with Crippen LogP contribution in [0.25, 0.3) is 10.2 Å². The number of thiophene rings is 1. The van der Waals surface area contributed by atoms with Crippen LogP contribution in [0.3, 0.4) is 0 Å². The van der Waals surface area contributed by atoms with Crippen LogP contribution in [0.4, 0.5) is 5.82 Å². The van der Waals surface area contributed by atoms with Gasteiger partial charge < -0.3 is 10.6 Å². The number of nitrogens with two attached hydrogens (primary N) is 1. The van der Waals surface area contributed by atoms with Gasteiger partial charge in [0.05, 0.1) is 23.5 Å². The third-order valence-corrected chi connectivity index (χ3v) is 6.87. The molecule has 3 unspecified atom stereocenters. The Morgan fingerprint density at radius 2 is 2.11 bits per heavy atom. The Kier molecular flexibility index (Phi) is 5.28. The van der Waals surface area contributed by atoms with E-state index in [1.165, 1.54) is 35.1 Å². The zero-order chi connectivity index (χ0) is 19.0. The molecule has 3 atom stereocenters. The molecule has 8 heteroatoms. The molecule has 0 aromatic carbocycles. The summed E-state index contributed by atoms with van der Waals surface area (Å²) in [5, 5.41) is 10.6. The van der Waals surface area contributed by atoms with Crippen molar-refractivity contribution >= 4 is 27.4 Å². The van der Waals surface area contributed by atoms with Crippen molar-refractivity contribution in [1.82, 2.24) is 20.8 Å². The highest BCUT2D eigenvalue weighted by Gasteiger charge is 2.33. The van der Waals surface area contributed by atoms with E-state index in [2.05, 4.69) is 28.9 Å². The molecule has 0 saturated carbocycles. The van der Waals surface area contributed by atoms with Crippen molar-refractivity contribution in [2.24, 2.45) is 11.7 Å². The van der Waals surface area contributed by atoms with E-state index in [1.54, 1.807) is 0 Å². The quantitative estimate of drug-likeness (QED) is 0.723. The average molecular weight is 386 g/mol. The SMILES string of the molecule is Cc1nc(N(C)CCCC2NNC(N)C2C#N)c2c3c(sc2n1)CCCC3. The van der Waals surface area contributed by atoms with Crippen LogP contribution in [-0.4, -0.2) is 35.8 Å². The first-order valence-corrected chi connectivity index (χ1v) is 10.6. The van der Waals surface area contributed by atoms with Gasteiger partial charge in [0, 0.05) is 24.5 Å². The van der Waals surface area contributed by atoms with Crippen LogP contribution < -0.4 is 21.5 Å². The van der Waals surface area contributed by atoms with Crippen molar-refractivity contribution in [2.75, 3.05) is 18.5 Å². The number of nitrogens with zero attached hydrogens (tertiary/aromatic N) is 4. The number of fused-ring (bicyclic) bond motifs is 3. The number of nitrogens with one attached hydrogen (secondary N) is 2. The maximum atomic E-state index is 9.29. The van der Waals surface area contributed by atoms with Crippen LogP contribution in [0.1, 0.15) is 41.9 Å². The van der Waals surface area contributed by atoms with Crippen molar-refractivity contribution in [3.8, 4) is 6.07 Å². The predicted octanol–water partition coefficient (Wildman–Crippen LogP) is 2.00. The fraction of sp³-hybridized carbons (Fsp3) is 0.632. The second kappa shape index (κ2) is 7.68. The monoisotopic (exact) mass is 385 g/mol. The zero-order valence-electron chi connectivity index (χ0n) is 16.0. The minimum atomic E-state index is -0.292. The average Bonchev–Trinajstić information content (AvgIpc) is 3.20. The third-order valence-electron chi connectivity index (χ3n) is 5.68. The summed E-state index contributed by atoms with van der Waals surface area (Å²) in [7, 11) is 2.11. The van der Waals surface area contributed by atoms with Crippen LogP contribution in [0.5, 0.6) is 0 Å². The number of aryl methyl sites for hydroxylation is 3. The summed E-state index contributed by atoms with van der Waals surface area (Å²) in [6, 6.07) is 2.41. The van der Waals surface area contributed by atoms with Gasteiger partial charge in [-0.05, 0) is 51.0 Å². The van der Waals surface area contributed by atoms with Crippen LogP contribution in [0, 0.1) is 24.2 Å². The van der Waals surface area contributed by atoms with E-state index in [-0.39, 0.29) is 18.1 Å². The summed E-state index contributed by atoms with van der Waals surface area (Å²) >= 11 is 1.85. The molecule has 144 valence electrons. The lowest BCUT2D eigenvalue weighted by molar-refractivity contribution is 0.463. The Bertz CT molecular complexity index is 871. The number of hydrazine groups is 1. The first-order chi connectivity index (χ1) is 13.1. The second-order valence-corrected chi connectivity index (χ2v) is 8.71. The highest BCUT2D eigenvalue weighted by Crippen LogP contribution is 2.39. The number of hydrogen-bond acceptors (Lipinski definition) is 8. The Morgan fingerprint density at radius 1 is 1.30 bits per heavy atom. The molecule has 0 bridgehead atoms. The second-order valence-electron chi connectivity index (χ2n) is 7.63. The molecule has 4 rings (SSSR count). The largest absolute Gasteiger partial charge is 0.359 e. The molecule has 27 heavy (non-hydrogen) atoms. The van der Waals surface area contributed by atoms with Gasteiger partial charge in [0.2, 0.25) is 0 Å². The summed E-state index contributed by atoms with van der Waals surface area (Å²) in [4.78, 5) is 14.4. The lowest BCUT2D eigenvalue weighted by Gasteiger charge is -2.22. The number of nitriles is 1. The molecule has 0 radical (unpaired) electrons. The van der Waals surface area contributed by atoms with E-state index < -0.39 is 0 Å². The third kappa shape index (κ3) is 3.52. The molecule has 1 saturated heterocycles. The van der Waals surface area contributed by atoms with Crippen molar-refractivity contribution in [1.29, 1.82) is 5.26 Å². The predicted molar refractivity (Wildman–Crippen MR) is 108 cm³/mol. The van der Waals surface area contributed by atoms with Crippen LogP contribution in [0.15, 0.2) is 0 Å². The first-order valence-electron chi connectivity index (χ1n) is 9.74. The topological polar surface area (TPSA) is 103 Å².